The summed E-state index contributed by atoms with van der Waals surface area (Å²) < 4.78 is 1.74. The van der Waals surface area contributed by atoms with Gasteiger partial charge in [0.1, 0.15) is 11.4 Å². The monoisotopic (exact) mass is 387 g/mol. The molecular formula is C20H13N5O2S. The highest BCUT2D eigenvalue weighted by Crippen LogP contribution is 2.29. The van der Waals surface area contributed by atoms with Crippen molar-refractivity contribution in [2.24, 2.45) is 0 Å². The quantitative estimate of drug-likeness (QED) is 0.304. The number of hydrogen-bond donors (Lipinski definition) is 0. The van der Waals surface area contributed by atoms with Crippen LogP contribution in [-0.2, 0) is 0 Å². The van der Waals surface area contributed by atoms with Crippen molar-refractivity contribution in [3.63, 3.8) is 0 Å². The number of thioether (sulfide) groups is 1. The molecule has 8 heteroatoms. The molecular weight excluding hydrogens is 374 g/mol. The Hall–Kier alpha value is -3.52. The molecule has 0 unspecified atom stereocenters. The maximum absolute atomic E-state index is 12.5. The molecule has 0 saturated carbocycles. The lowest BCUT2D eigenvalue weighted by Gasteiger charge is -2.12. The lowest BCUT2D eigenvalue weighted by Crippen LogP contribution is -2.29. The zero-order valence-electron chi connectivity index (χ0n) is 14.5. The summed E-state index contributed by atoms with van der Waals surface area (Å²) in [6.07, 6.45) is 3.17. The Balaban J connectivity index is 1.43. The third-order valence-electron chi connectivity index (χ3n) is 4.54. The maximum atomic E-state index is 12.5. The number of aromatic nitrogens is 4. The molecule has 2 amide bonds. The van der Waals surface area contributed by atoms with Gasteiger partial charge < -0.3 is 0 Å². The van der Waals surface area contributed by atoms with Crippen molar-refractivity contribution < 1.29 is 9.59 Å². The predicted molar refractivity (Wildman–Crippen MR) is 104 cm³/mol. The minimum Gasteiger partial charge on any atom is -0.269 e. The smallest absolute Gasteiger partial charge is 0.262 e. The molecule has 2 aromatic carbocycles. The largest absolute Gasteiger partial charge is 0.269 e. The van der Waals surface area contributed by atoms with Crippen LogP contribution in [0.3, 0.4) is 0 Å². The molecule has 0 fully saturated rings. The summed E-state index contributed by atoms with van der Waals surface area (Å²) in [5, 5.41) is 5.86. The van der Waals surface area contributed by atoms with Crippen molar-refractivity contribution in [3.05, 3.63) is 78.2 Å². The van der Waals surface area contributed by atoms with E-state index in [0.717, 1.165) is 11.1 Å². The van der Waals surface area contributed by atoms with Crippen molar-refractivity contribution in [2.45, 2.75) is 5.03 Å². The highest BCUT2D eigenvalue weighted by atomic mass is 32.2. The van der Waals surface area contributed by atoms with E-state index in [1.54, 1.807) is 35.1 Å². The van der Waals surface area contributed by atoms with E-state index in [9.17, 15) is 9.59 Å². The van der Waals surface area contributed by atoms with Gasteiger partial charge in [-0.3, -0.25) is 14.5 Å². The van der Waals surface area contributed by atoms with Gasteiger partial charge in [-0.1, -0.05) is 42.1 Å². The molecule has 0 N–H and O–H groups in total. The molecule has 0 bridgehead atoms. The van der Waals surface area contributed by atoms with Gasteiger partial charge >= 0.3 is 0 Å². The van der Waals surface area contributed by atoms with E-state index < -0.39 is 0 Å². The van der Waals surface area contributed by atoms with Gasteiger partial charge in [0.2, 0.25) is 0 Å². The van der Waals surface area contributed by atoms with Crippen molar-refractivity contribution in [1.29, 1.82) is 0 Å². The van der Waals surface area contributed by atoms with Crippen molar-refractivity contribution in [3.8, 4) is 5.69 Å². The first-order valence-corrected chi connectivity index (χ1v) is 9.55. The van der Waals surface area contributed by atoms with Crippen LogP contribution < -0.4 is 0 Å². The molecule has 0 aliphatic carbocycles. The van der Waals surface area contributed by atoms with Crippen LogP contribution in [0.1, 0.15) is 20.7 Å². The molecule has 0 spiro atoms. The number of carbonyl (C=O) groups is 2. The fraction of sp³-hybridized carbons (Fsp3) is 0.0500. The number of carbonyl (C=O) groups excluding carboxylic acids is 2. The third-order valence-corrected chi connectivity index (χ3v) is 5.52. The van der Waals surface area contributed by atoms with E-state index in [1.165, 1.54) is 23.0 Å². The first kappa shape index (κ1) is 16.6. The molecule has 1 aliphatic heterocycles. The predicted octanol–water partition coefficient (Wildman–Crippen LogP) is 3.16. The highest BCUT2D eigenvalue weighted by molar-refractivity contribution is 7.99. The van der Waals surface area contributed by atoms with Crippen LogP contribution in [0.2, 0.25) is 0 Å². The molecule has 2 aromatic heterocycles. The number of imide groups is 1. The maximum Gasteiger partial charge on any atom is 0.262 e. The van der Waals surface area contributed by atoms with Crippen molar-refractivity contribution >= 4 is 34.6 Å². The van der Waals surface area contributed by atoms with E-state index in [4.69, 9.17) is 0 Å². The molecule has 28 heavy (non-hydrogen) atoms. The Morgan fingerprint density at radius 1 is 0.857 bits per heavy atom. The van der Waals surface area contributed by atoms with Gasteiger partial charge in [-0.05, 0) is 24.3 Å². The molecule has 3 heterocycles. The average Bonchev–Trinajstić information content (AvgIpc) is 3.28. The van der Waals surface area contributed by atoms with Gasteiger partial charge in [0.25, 0.3) is 11.8 Å². The first-order chi connectivity index (χ1) is 13.7. The van der Waals surface area contributed by atoms with Gasteiger partial charge in [0.15, 0.2) is 5.65 Å². The minimum absolute atomic E-state index is 0.176. The summed E-state index contributed by atoms with van der Waals surface area (Å²) in [5.74, 6) is -0.383. The highest BCUT2D eigenvalue weighted by Gasteiger charge is 2.35. The topological polar surface area (TPSA) is 81.0 Å². The van der Waals surface area contributed by atoms with Crippen LogP contribution in [0.15, 0.2) is 72.1 Å². The number of para-hydroxylation sites is 1. The van der Waals surface area contributed by atoms with Crippen molar-refractivity contribution in [1.82, 2.24) is 24.6 Å². The number of rotatable bonds is 4. The van der Waals surface area contributed by atoms with Crippen LogP contribution in [0.25, 0.3) is 16.7 Å². The first-order valence-electron chi connectivity index (χ1n) is 8.56. The van der Waals surface area contributed by atoms with Gasteiger partial charge in [-0.25, -0.2) is 14.6 Å². The number of nitrogens with zero attached hydrogens (tertiary/aromatic N) is 5. The second kappa shape index (κ2) is 6.58. The molecule has 5 rings (SSSR count). The van der Waals surface area contributed by atoms with Crippen LogP contribution in [0.4, 0.5) is 0 Å². The Bertz CT molecular complexity index is 1190. The normalized spacial score (nSPS) is 13.4. The summed E-state index contributed by atoms with van der Waals surface area (Å²) in [6.45, 7) is 0. The Morgan fingerprint density at radius 3 is 2.25 bits per heavy atom. The molecule has 0 atom stereocenters. The SMILES string of the molecule is O=C1c2ccccc2C(=O)N1CSc1ncnc2c1cnn2-c1ccccc1. The van der Waals surface area contributed by atoms with Gasteiger partial charge in [-0.15, -0.1) is 0 Å². The fourth-order valence-corrected chi connectivity index (χ4v) is 4.08. The Labute approximate surface area is 164 Å². The van der Waals surface area contributed by atoms with E-state index in [-0.39, 0.29) is 17.7 Å². The summed E-state index contributed by atoms with van der Waals surface area (Å²) in [5.41, 5.74) is 2.45. The van der Waals surface area contributed by atoms with Gasteiger partial charge in [-0.2, -0.15) is 5.10 Å². The minimum atomic E-state index is -0.279. The number of benzene rings is 2. The summed E-state index contributed by atoms with van der Waals surface area (Å²) in [4.78, 5) is 35.0. The zero-order chi connectivity index (χ0) is 19.1. The van der Waals surface area contributed by atoms with E-state index in [2.05, 4.69) is 15.1 Å². The lowest BCUT2D eigenvalue weighted by molar-refractivity contribution is 0.0684. The van der Waals surface area contributed by atoms with E-state index >= 15 is 0 Å². The molecule has 7 nitrogen and oxygen atoms in total. The van der Waals surface area contributed by atoms with Crippen LogP contribution in [0.5, 0.6) is 0 Å². The average molecular weight is 387 g/mol. The van der Waals surface area contributed by atoms with E-state index in [0.29, 0.717) is 21.8 Å². The Morgan fingerprint density at radius 2 is 1.54 bits per heavy atom. The summed E-state index contributed by atoms with van der Waals surface area (Å²) in [7, 11) is 0. The van der Waals surface area contributed by atoms with Crippen LogP contribution in [0, 0.1) is 0 Å². The molecule has 0 radical (unpaired) electrons. The number of fused-ring (bicyclic) bond motifs is 2. The molecule has 1 aliphatic rings. The van der Waals surface area contributed by atoms with Crippen LogP contribution >= 0.6 is 11.8 Å². The molecule has 0 saturated heterocycles. The molecule has 136 valence electrons. The summed E-state index contributed by atoms with van der Waals surface area (Å²) in [6, 6.07) is 16.6. The number of hydrogen-bond acceptors (Lipinski definition) is 6. The summed E-state index contributed by atoms with van der Waals surface area (Å²) >= 11 is 1.31. The lowest BCUT2D eigenvalue weighted by atomic mass is 10.1. The van der Waals surface area contributed by atoms with Crippen molar-refractivity contribution in [2.75, 3.05) is 5.88 Å². The van der Waals surface area contributed by atoms with Gasteiger partial charge in [0.05, 0.1) is 34.3 Å². The van der Waals surface area contributed by atoms with E-state index in [1.807, 2.05) is 30.3 Å². The zero-order valence-corrected chi connectivity index (χ0v) is 15.3. The fourth-order valence-electron chi connectivity index (χ4n) is 3.18. The van der Waals surface area contributed by atoms with Crippen LogP contribution in [-0.4, -0.2) is 42.3 Å². The molecule has 4 aromatic rings. The van der Waals surface area contributed by atoms with Gasteiger partial charge in [0, 0.05) is 0 Å². The second-order valence-electron chi connectivity index (χ2n) is 6.17. The second-order valence-corrected chi connectivity index (χ2v) is 7.10. The standard InChI is InChI=1S/C20H13N5O2S/c26-19-14-8-4-5-9-15(14)20(27)24(19)12-28-18-16-10-23-25(17(16)21-11-22-18)13-6-2-1-3-7-13/h1-11H,12H2. The third kappa shape index (κ3) is 2.57. The Kier molecular flexibility index (Phi) is 3.91. The number of amides is 2.